The van der Waals surface area contributed by atoms with Gasteiger partial charge in [-0.1, -0.05) is 0 Å². The maximum absolute atomic E-state index is 10.1. The normalized spacial score (nSPS) is 17.2. The molecule has 16 heavy (non-hydrogen) atoms. The van der Waals surface area contributed by atoms with Crippen LogP contribution in [-0.2, 0) is 6.42 Å². The maximum atomic E-state index is 10.1. The average Bonchev–Trinajstić information content (AvgIpc) is 2.97. The third-order valence-corrected chi connectivity index (χ3v) is 3.39. The van der Waals surface area contributed by atoms with Gasteiger partial charge in [0.15, 0.2) is 0 Å². The minimum Gasteiger partial charge on any atom is -0.507 e. The lowest BCUT2D eigenvalue weighted by Gasteiger charge is -2.16. The molecule has 1 aliphatic carbocycles. The highest BCUT2D eigenvalue weighted by atomic mass is 16.5. The summed E-state index contributed by atoms with van der Waals surface area (Å²) in [6.07, 6.45) is 2.20. The summed E-state index contributed by atoms with van der Waals surface area (Å²) in [5, 5.41) is 20.0. The molecule has 0 spiro atoms. The van der Waals surface area contributed by atoms with Gasteiger partial charge in [0, 0.05) is 17.5 Å². The molecule has 1 aromatic carbocycles. The van der Waals surface area contributed by atoms with Crippen molar-refractivity contribution in [3.8, 4) is 11.5 Å². The zero-order valence-corrected chi connectivity index (χ0v) is 10.0. The summed E-state index contributed by atoms with van der Waals surface area (Å²) >= 11 is 0. The van der Waals surface area contributed by atoms with E-state index in [2.05, 4.69) is 0 Å². The first-order chi connectivity index (χ1) is 7.47. The number of aryl methyl sites for hydroxylation is 1. The van der Waals surface area contributed by atoms with Crippen LogP contribution in [0.25, 0.3) is 0 Å². The van der Waals surface area contributed by atoms with Gasteiger partial charge in [0.25, 0.3) is 0 Å². The lowest BCUT2D eigenvalue weighted by molar-refractivity contribution is 0.149. The molecule has 0 unspecified atom stereocenters. The molecule has 3 heteroatoms. The van der Waals surface area contributed by atoms with Crippen LogP contribution in [0, 0.1) is 13.8 Å². The Hall–Kier alpha value is -1.22. The van der Waals surface area contributed by atoms with Crippen molar-refractivity contribution in [2.75, 3.05) is 7.11 Å². The van der Waals surface area contributed by atoms with Crippen LogP contribution in [-0.4, -0.2) is 22.9 Å². The van der Waals surface area contributed by atoms with Crippen LogP contribution in [0.4, 0.5) is 0 Å². The molecule has 88 valence electrons. The van der Waals surface area contributed by atoms with E-state index < -0.39 is 5.60 Å². The smallest absolute Gasteiger partial charge is 0.125 e. The first-order valence-electron chi connectivity index (χ1n) is 5.55. The SMILES string of the molecule is COc1cc(C)c(CC2(O)CC2)c(O)c1C. The Kier molecular flexibility index (Phi) is 2.58. The van der Waals surface area contributed by atoms with Crippen molar-refractivity contribution < 1.29 is 14.9 Å². The van der Waals surface area contributed by atoms with Crippen LogP contribution >= 0.6 is 0 Å². The first-order valence-corrected chi connectivity index (χ1v) is 5.55. The van der Waals surface area contributed by atoms with Crippen molar-refractivity contribution >= 4 is 0 Å². The third kappa shape index (κ3) is 1.87. The highest BCUT2D eigenvalue weighted by molar-refractivity contribution is 5.53. The number of ether oxygens (including phenoxy) is 1. The topological polar surface area (TPSA) is 49.7 Å². The molecule has 0 radical (unpaired) electrons. The monoisotopic (exact) mass is 222 g/mol. The Morgan fingerprint density at radius 3 is 2.50 bits per heavy atom. The number of aliphatic hydroxyl groups is 1. The number of phenols is 1. The quantitative estimate of drug-likeness (QED) is 0.823. The maximum Gasteiger partial charge on any atom is 0.125 e. The number of hydrogen-bond acceptors (Lipinski definition) is 3. The van der Waals surface area contributed by atoms with E-state index in [4.69, 9.17) is 4.74 Å². The van der Waals surface area contributed by atoms with Crippen LogP contribution in [0.1, 0.15) is 29.5 Å². The molecule has 0 aromatic heterocycles. The molecule has 3 nitrogen and oxygen atoms in total. The zero-order valence-electron chi connectivity index (χ0n) is 10.0. The van der Waals surface area contributed by atoms with Gasteiger partial charge in [-0.2, -0.15) is 0 Å². The molecular weight excluding hydrogens is 204 g/mol. The fourth-order valence-electron chi connectivity index (χ4n) is 2.01. The van der Waals surface area contributed by atoms with Gasteiger partial charge in [-0.05, 0) is 38.3 Å². The fraction of sp³-hybridized carbons (Fsp3) is 0.538. The van der Waals surface area contributed by atoms with Gasteiger partial charge >= 0.3 is 0 Å². The lowest BCUT2D eigenvalue weighted by Crippen LogP contribution is -2.12. The number of hydrogen-bond donors (Lipinski definition) is 2. The minimum absolute atomic E-state index is 0.261. The van der Waals surface area contributed by atoms with E-state index in [0.717, 1.165) is 29.5 Å². The van der Waals surface area contributed by atoms with Gasteiger partial charge in [-0.15, -0.1) is 0 Å². The molecule has 1 aliphatic rings. The Labute approximate surface area is 95.7 Å². The van der Waals surface area contributed by atoms with Gasteiger partial charge < -0.3 is 14.9 Å². The van der Waals surface area contributed by atoms with E-state index >= 15 is 0 Å². The number of benzene rings is 1. The molecule has 0 atom stereocenters. The summed E-state index contributed by atoms with van der Waals surface area (Å²) < 4.78 is 5.18. The van der Waals surface area contributed by atoms with Crippen molar-refractivity contribution in [1.82, 2.24) is 0 Å². The number of methoxy groups -OCH3 is 1. The summed E-state index contributed by atoms with van der Waals surface area (Å²) in [5.74, 6) is 0.957. The second-order valence-corrected chi connectivity index (χ2v) is 4.75. The summed E-state index contributed by atoms with van der Waals surface area (Å²) in [7, 11) is 1.59. The first kappa shape index (κ1) is 11.3. The molecule has 0 amide bonds. The Morgan fingerprint density at radius 1 is 1.38 bits per heavy atom. The molecular formula is C13H18O3. The van der Waals surface area contributed by atoms with Crippen LogP contribution in [0.2, 0.25) is 0 Å². The van der Waals surface area contributed by atoms with Crippen LogP contribution in [0.5, 0.6) is 11.5 Å². The summed E-state index contributed by atoms with van der Waals surface area (Å²) in [4.78, 5) is 0. The lowest BCUT2D eigenvalue weighted by atomic mass is 9.97. The molecule has 2 rings (SSSR count). The van der Waals surface area contributed by atoms with Crippen molar-refractivity contribution in [3.63, 3.8) is 0 Å². The van der Waals surface area contributed by atoms with Crippen molar-refractivity contribution in [2.45, 2.75) is 38.7 Å². The van der Waals surface area contributed by atoms with Gasteiger partial charge in [0.2, 0.25) is 0 Å². The molecule has 0 aliphatic heterocycles. The van der Waals surface area contributed by atoms with Crippen molar-refractivity contribution in [1.29, 1.82) is 0 Å². The van der Waals surface area contributed by atoms with Crippen LogP contribution < -0.4 is 4.74 Å². The number of aromatic hydroxyl groups is 1. The minimum atomic E-state index is -0.580. The highest BCUT2D eigenvalue weighted by Crippen LogP contribution is 2.43. The van der Waals surface area contributed by atoms with Gasteiger partial charge in [-0.3, -0.25) is 0 Å². The molecule has 1 saturated carbocycles. The summed E-state index contributed by atoms with van der Waals surface area (Å²) in [5.41, 5.74) is 1.98. The second kappa shape index (κ2) is 3.67. The van der Waals surface area contributed by atoms with E-state index in [0.29, 0.717) is 12.2 Å². The molecule has 0 bridgehead atoms. The van der Waals surface area contributed by atoms with E-state index in [1.165, 1.54) is 0 Å². The average molecular weight is 222 g/mol. The predicted octanol–water partition coefficient (Wildman–Crippen LogP) is 2.09. The third-order valence-electron chi connectivity index (χ3n) is 3.39. The van der Waals surface area contributed by atoms with E-state index in [1.54, 1.807) is 7.11 Å². The Bertz CT molecular complexity index is 420. The Balaban J connectivity index is 2.41. The zero-order chi connectivity index (χ0) is 11.9. The predicted molar refractivity (Wildman–Crippen MR) is 62.0 cm³/mol. The van der Waals surface area contributed by atoms with Crippen LogP contribution in [0.3, 0.4) is 0 Å². The molecule has 1 aromatic rings. The second-order valence-electron chi connectivity index (χ2n) is 4.75. The number of phenolic OH excluding ortho intramolecular Hbond substituents is 1. The largest absolute Gasteiger partial charge is 0.507 e. The fourth-order valence-corrected chi connectivity index (χ4v) is 2.01. The molecule has 2 N–H and O–H groups in total. The molecule has 0 saturated heterocycles. The van der Waals surface area contributed by atoms with Gasteiger partial charge in [0.1, 0.15) is 11.5 Å². The summed E-state index contributed by atoms with van der Waals surface area (Å²) in [6, 6.07) is 1.91. The van der Waals surface area contributed by atoms with Crippen LogP contribution in [0.15, 0.2) is 6.07 Å². The van der Waals surface area contributed by atoms with E-state index in [-0.39, 0.29) is 5.75 Å². The standard InChI is InChI=1S/C13H18O3/c1-8-6-11(16-3)9(2)12(14)10(8)7-13(15)4-5-13/h6,14-15H,4-5,7H2,1-3H3. The van der Waals surface area contributed by atoms with Crippen molar-refractivity contribution in [2.24, 2.45) is 0 Å². The number of rotatable bonds is 3. The molecule has 1 fully saturated rings. The summed E-state index contributed by atoms with van der Waals surface area (Å²) in [6.45, 7) is 3.76. The molecule has 0 heterocycles. The van der Waals surface area contributed by atoms with Gasteiger partial charge in [0.05, 0.1) is 12.7 Å². The Morgan fingerprint density at radius 2 is 2.00 bits per heavy atom. The van der Waals surface area contributed by atoms with Gasteiger partial charge in [-0.25, -0.2) is 0 Å². The van der Waals surface area contributed by atoms with E-state index in [1.807, 2.05) is 19.9 Å². The van der Waals surface area contributed by atoms with Crippen molar-refractivity contribution in [3.05, 3.63) is 22.8 Å². The highest BCUT2D eigenvalue weighted by Gasteiger charge is 2.41. The van der Waals surface area contributed by atoms with E-state index in [9.17, 15) is 10.2 Å².